The van der Waals surface area contributed by atoms with Gasteiger partial charge in [0, 0.05) is 17.3 Å². The van der Waals surface area contributed by atoms with Gasteiger partial charge in [0.1, 0.15) is 22.3 Å². The fraction of sp³-hybridized carbons (Fsp3) is 0.458. The summed E-state index contributed by atoms with van der Waals surface area (Å²) in [5, 5.41) is 4.97. The summed E-state index contributed by atoms with van der Waals surface area (Å²) in [5.74, 6) is -0.0647. The summed E-state index contributed by atoms with van der Waals surface area (Å²) < 4.78 is 22.2. The number of ether oxygens (including phenoxy) is 1. The molecule has 4 aromatic heterocycles. The zero-order chi connectivity index (χ0) is 25.1. The van der Waals surface area contributed by atoms with Crippen molar-refractivity contribution < 1.29 is 13.9 Å². The molecule has 0 radical (unpaired) electrons. The van der Waals surface area contributed by atoms with E-state index in [0.717, 1.165) is 21.8 Å². The maximum absolute atomic E-state index is 15.2. The first-order valence-corrected chi connectivity index (χ1v) is 12.3. The molecule has 4 aromatic rings. The minimum Gasteiger partial charge on any atom is -0.444 e. The fourth-order valence-corrected chi connectivity index (χ4v) is 5.55. The lowest BCUT2D eigenvalue weighted by molar-refractivity contribution is 0.0113. The first-order valence-electron chi connectivity index (χ1n) is 11.5. The maximum atomic E-state index is 15.2. The van der Waals surface area contributed by atoms with Gasteiger partial charge in [-0.25, -0.2) is 23.7 Å². The molecular weight excluding hydrogens is 471 g/mol. The number of piperidine rings is 1. The topological polar surface area (TPSA) is 105 Å². The highest BCUT2D eigenvalue weighted by Gasteiger charge is 2.35. The third kappa shape index (κ3) is 4.52. The van der Waals surface area contributed by atoms with E-state index >= 15 is 4.39 Å². The average molecular weight is 499 g/mol. The number of thiophene rings is 1. The average Bonchev–Trinajstić information content (AvgIpc) is 3.35. The van der Waals surface area contributed by atoms with Crippen molar-refractivity contribution in [3.8, 4) is 11.5 Å². The number of aromatic amines is 1. The number of hydrogen-bond acceptors (Lipinski definition) is 7. The Morgan fingerprint density at radius 3 is 2.74 bits per heavy atom. The summed E-state index contributed by atoms with van der Waals surface area (Å²) in [6.07, 6.45) is 0.483. The number of fused-ring (bicyclic) bond motifs is 2. The quantitative estimate of drug-likeness (QED) is 0.440. The smallest absolute Gasteiger partial charge is 0.410 e. The van der Waals surface area contributed by atoms with Crippen LogP contribution in [0.5, 0.6) is 0 Å². The van der Waals surface area contributed by atoms with Crippen molar-refractivity contribution in [1.82, 2.24) is 29.5 Å². The first-order chi connectivity index (χ1) is 16.5. The first kappa shape index (κ1) is 23.4. The monoisotopic (exact) mass is 498 g/mol. The molecule has 11 heteroatoms. The number of carbonyl (C=O) groups is 1. The molecule has 1 fully saturated rings. The molecule has 2 atom stereocenters. The van der Waals surface area contributed by atoms with Crippen molar-refractivity contribution in [3.05, 3.63) is 44.8 Å². The highest BCUT2D eigenvalue weighted by molar-refractivity contribution is 7.18. The normalized spacial score (nSPS) is 19.0. The molecule has 9 nitrogen and oxygen atoms in total. The Bertz CT molecular complexity index is 1500. The Balaban J connectivity index is 1.42. The largest absolute Gasteiger partial charge is 0.444 e. The van der Waals surface area contributed by atoms with Crippen LogP contribution in [0, 0.1) is 13.8 Å². The van der Waals surface area contributed by atoms with E-state index in [0.29, 0.717) is 34.7 Å². The second-order valence-corrected chi connectivity index (χ2v) is 11.0. The van der Waals surface area contributed by atoms with E-state index in [1.807, 2.05) is 26.1 Å². The highest BCUT2D eigenvalue weighted by atomic mass is 32.1. The van der Waals surface area contributed by atoms with Crippen molar-refractivity contribution >= 4 is 33.3 Å². The van der Waals surface area contributed by atoms with E-state index in [-0.39, 0.29) is 12.1 Å². The van der Waals surface area contributed by atoms with Crippen molar-refractivity contribution in [1.29, 1.82) is 0 Å². The molecule has 0 spiro atoms. The van der Waals surface area contributed by atoms with E-state index in [2.05, 4.69) is 20.1 Å². The molecule has 0 saturated carbocycles. The van der Waals surface area contributed by atoms with Crippen molar-refractivity contribution in [2.45, 2.75) is 58.7 Å². The molecule has 0 aliphatic carbocycles. The van der Waals surface area contributed by atoms with Gasteiger partial charge in [-0.3, -0.25) is 4.79 Å². The van der Waals surface area contributed by atoms with Gasteiger partial charge < -0.3 is 14.6 Å². The van der Waals surface area contributed by atoms with Crippen molar-refractivity contribution in [3.63, 3.8) is 0 Å². The number of nitrogens with one attached hydrogen (secondary N) is 1. The van der Waals surface area contributed by atoms with Crippen LogP contribution in [0.15, 0.2) is 23.1 Å². The van der Waals surface area contributed by atoms with Gasteiger partial charge in [-0.05, 0) is 58.7 Å². The van der Waals surface area contributed by atoms with Crippen LogP contribution >= 0.6 is 11.3 Å². The van der Waals surface area contributed by atoms with E-state index in [1.54, 1.807) is 31.4 Å². The number of carbonyl (C=O) groups excluding carboxylic acids is 1. The Morgan fingerprint density at radius 2 is 2.03 bits per heavy atom. The van der Waals surface area contributed by atoms with Crippen molar-refractivity contribution in [2.24, 2.45) is 0 Å². The van der Waals surface area contributed by atoms with Gasteiger partial charge in [0.15, 0.2) is 11.5 Å². The van der Waals surface area contributed by atoms with Crippen LogP contribution in [0.4, 0.5) is 9.18 Å². The number of amides is 1. The molecule has 35 heavy (non-hydrogen) atoms. The number of halogens is 1. The van der Waals surface area contributed by atoms with Gasteiger partial charge in [-0.15, -0.1) is 11.3 Å². The van der Waals surface area contributed by atoms with Crippen molar-refractivity contribution in [2.75, 3.05) is 13.1 Å². The van der Waals surface area contributed by atoms with Gasteiger partial charge >= 0.3 is 6.09 Å². The van der Waals surface area contributed by atoms with E-state index in [9.17, 15) is 9.59 Å². The van der Waals surface area contributed by atoms with Crippen LogP contribution in [0.1, 0.15) is 49.2 Å². The van der Waals surface area contributed by atoms with Crippen LogP contribution in [0.25, 0.3) is 27.4 Å². The molecule has 1 saturated heterocycles. The van der Waals surface area contributed by atoms with Gasteiger partial charge in [0.2, 0.25) is 0 Å². The van der Waals surface area contributed by atoms with Crippen LogP contribution in [-0.2, 0) is 4.74 Å². The van der Waals surface area contributed by atoms with Gasteiger partial charge in [-0.2, -0.15) is 5.10 Å². The number of aromatic nitrogens is 5. The Labute approximate surface area is 205 Å². The summed E-state index contributed by atoms with van der Waals surface area (Å²) in [6, 6.07) is 3.56. The third-order valence-corrected chi connectivity index (χ3v) is 7.11. The van der Waals surface area contributed by atoms with Crippen LogP contribution in [0.3, 0.4) is 0 Å². The molecular formula is C24H27FN6O3S. The van der Waals surface area contributed by atoms with Crippen LogP contribution in [0.2, 0.25) is 0 Å². The minimum atomic E-state index is -1.26. The van der Waals surface area contributed by atoms with Gasteiger partial charge in [-0.1, -0.05) is 0 Å². The number of imidazole rings is 1. The third-order valence-electron chi connectivity index (χ3n) is 5.95. The molecule has 0 bridgehead atoms. The Morgan fingerprint density at radius 1 is 1.26 bits per heavy atom. The zero-order valence-electron chi connectivity index (χ0n) is 20.3. The second-order valence-electron chi connectivity index (χ2n) is 9.98. The number of hydrogen-bond donors (Lipinski definition) is 1. The number of aryl methyl sites for hydroxylation is 2. The maximum Gasteiger partial charge on any atom is 0.410 e. The zero-order valence-corrected chi connectivity index (χ0v) is 21.1. The summed E-state index contributed by atoms with van der Waals surface area (Å²) in [6.45, 7) is 9.51. The second kappa shape index (κ2) is 8.40. The Hall–Kier alpha value is -3.34. The van der Waals surface area contributed by atoms with E-state index < -0.39 is 23.8 Å². The molecule has 1 N–H and O–H groups in total. The Kier molecular flexibility index (Phi) is 5.62. The summed E-state index contributed by atoms with van der Waals surface area (Å²) in [7, 11) is 0. The predicted molar refractivity (Wildman–Crippen MR) is 132 cm³/mol. The summed E-state index contributed by atoms with van der Waals surface area (Å²) >= 11 is 1.31. The lowest BCUT2D eigenvalue weighted by Gasteiger charge is -2.35. The predicted octanol–water partition coefficient (Wildman–Crippen LogP) is 4.37. The lowest BCUT2D eigenvalue weighted by atomic mass is 9.93. The minimum absolute atomic E-state index is 0.0452. The van der Waals surface area contributed by atoms with Crippen LogP contribution in [-0.4, -0.2) is 60.4 Å². The molecule has 0 unspecified atom stereocenters. The highest BCUT2D eigenvalue weighted by Crippen LogP contribution is 2.37. The van der Waals surface area contributed by atoms with E-state index in [1.165, 1.54) is 16.2 Å². The van der Waals surface area contributed by atoms with Crippen LogP contribution < -0.4 is 5.56 Å². The molecule has 1 aliphatic rings. The lowest BCUT2D eigenvalue weighted by Crippen LogP contribution is -2.46. The molecule has 0 aromatic carbocycles. The molecule has 1 aliphatic heterocycles. The molecule has 5 heterocycles. The number of H-pyrrole nitrogens is 1. The number of likely N-dealkylation sites (tertiary alicyclic amines) is 1. The molecule has 184 valence electrons. The van der Waals surface area contributed by atoms with Gasteiger partial charge in [0.25, 0.3) is 5.56 Å². The number of alkyl halides is 1. The fourth-order valence-electron chi connectivity index (χ4n) is 4.33. The standard InChI is InChI=1S/C24H27FN6O3S/c1-12-8-17(29-31-10-13(2)26-20(12)31)19-27-21(32)15-9-18(35-22(15)28-19)14-6-7-30(11-16(14)25)23(33)34-24(3,4)5/h8-10,14,16H,6-7,11H2,1-5H3,(H,27,28,32)/t14-,16+/m0/s1. The summed E-state index contributed by atoms with van der Waals surface area (Å²) in [4.78, 5) is 39.8. The van der Waals surface area contributed by atoms with E-state index in [4.69, 9.17) is 4.74 Å². The molecule has 1 amide bonds. The molecule has 5 rings (SSSR count). The number of nitrogens with zero attached hydrogens (tertiary/aromatic N) is 5. The summed E-state index contributed by atoms with van der Waals surface area (Å²) in [5.41, 5.74) is 2.10. The number of rotatable bonds is 2. The van der Waals surface area contributed by atoms with Gasteiger partial charge in [0.05, 0.1) is 23.8 Å². The SMILES string of the molecule is Cc1cn2nc(-c3nc4sc([C@H]5CCN(C(=O)OC(C)(C)C)C[C@H]5F)cc4c(=O)[nH]3)cc(C)c2n1.